The Morgan fingerprint density at radius 2 is 2.03 bits per heavy atom. The summed E-state index contributed by atoms with van der Waals surface area (Å²) in [4.78, 5) is 21.2. The van der Waals surface area contributed by atoms with Gasteiger partial charge < -0.3 is 15.4 Å². The Morgan fingerprint density at radius 3 is 2.80 bits per heavy atom. The second-order valence-electron chi connectivity index (χ2n) is 6.69. The van der Waals surface area contributed by atoms with Gasteiger partial charge in [-0.1, -0.05) is 0 Å². The van der Waals surface area contributed by atoms with Crippen molar-refractivity contribution in [3.8, 4) is 17.0 Å². The number of rotatable bonds is 7. The molecule has 0 aromatic carbocycles. The van der Waals surface area contributed by atoms with Gasteiger partial charge in [0.25, 0.3) is 5.91 Å². The van der Waals surface area contributed by atoms with E-state index in [1.54, 1.807) is 43.9 Å². The number of pyridine rings is 3. The van der Waals surface area contributed by atoms with Crippen molar-refractivity contribution in [2.45, 2.75) is 6.54 Å². The molecule has 8 nitrogen and oxygen atoms in total. The highest BCUT2D eigenvalue weighted by Gasteiger charge is 2.13. The summed E-state index contributed by atoms with van der Waals surface area (Å²) in [5, 5.41) is 6.04. The fraction of sp³-hybridized carbons (Fsp3) is 0.182. The molecule has 0 saturated heterocycles. The van der Waals surface area contributed by atoms with Crippen LogP contribution < -0.4 is 19.9 Å². The number of ether oxygens (including phenoxy) is 1. The summed E-state index contributed by atoms with van der Waals surface area (Å²) in [5.41, 5.74) is 3.98. The van der Waals surface area contributed by atoms with E-state index in [2.05, 4.69) is 20.6 Å². The van der Waals surface area contributed by atoms with Crippen molar-refractivity contribution in [1.29, 1.82) is 0 Å². The van der Waals surface area contributed by atoms with E-state index in [1.165, 1.54) is 0 Å². The number of nitrogens with zero attached hydrogens (tertiary/aromatic N) is 4. The van der Waals surface area contributed by atoms with Crippen LogP contribution in [0.3, 0.4) is 0 Å². The van der Waals surface area contributed by atoms with Gasteiger partial charge in [-0.15, -0.1) is 0 Å². The molecule has 0 aliphatic carbocycles. The molecule has 2 N–H and O–H groups in total. The third-order valence-electron chi connectivity index (χ3n) is 4.89. The lowest BCUT2D eigenvalue weighted by molar-refractivity contribution is -0.694. The number of carbonyl (C=O) groups is 1. The van der Waals surface area contributed by atoms with Crippen molar-refractivity contribution in [2.75, 3.05) is 26.0 Å². The van der Waals surface area contributed by atoms with E-state index < -0.39 is 0 Å². The number of aromatic nitrogens is 4. The quantitative estimate of drug-likeness (QED) is 0.462. The molecule has 8 heteroatoms. The van der Waals surface area contributed by atoms with Gasteiger partial charge in [0, 0.05) is 49.0 Å². The molecule has 4 rings (SSSR count). The molecular formula is C22H23N6O2+. The topological polar surface area (TPSA) is 84.4 Å². The Labute approximate surface area is 174 Å². The van der Waals surface area contributed by atoms with Crippen molar-refractivity contribution in [3.05, 3.63) is 73.1 Å². The Kier molecular flexibility index (Phi) is 5.56. The summed E-state index contributed by atoms with van der Waals surface area (Å²) >= 11 is 0. The number of methoxy groups -OCH3 is 1. The number of hydrogen-bond acceptors (Lipinski definition) is 5. The Bertz CT molecular complexity index is 1170. The van der Waals surface area contributed by atoms with Crippen molar-refractivity contribution in [3.63, 3.8) is 0 Å². The van der Waals surface area contributed by atoms with E-state index in [-0.39, 0.29) is 5.91 Å². The molecule has 0 aliphatic rings. The highest BCUT2D eigenvalue weighted by Crippen LogP contribution is 2.29. The number of fused-ring (bicyclic) bond motifs is 1. The molecule has 0 aliphatic heterocycles. The normalized spacial score (nSPS) is 10.7. The predicted molar refractivity (Wildman–Crippen MR) is 113 cm³/mol. The summed E-state index contributed by atoms with van der Waals surface area (Å²) in [6.45, 7) is 1.21. The summed E-state index contributed by atoms with van der Waals surface area (Å²) in [6, 6.07) is 9.34. The molecule has 0 fully saturated rings. The molecule has 0 unspecified atom stereocenters. The monoisotopic (exact) mass is 403 g/mol. The van der Waals surface area contributed by atoms with Gasteiger partial charge in [-0.2, -0.15) is 0 Å². The average Bonchev–Trinajstić information content (AvgIpc) is 3.22. The smallest absolute Gasteiger partial charge is 0.251 e. The molecule has 0 atom stereocenters. The molecular weight excluding hydrogens is 380 g/mol. The van der Waals surface area contributed by atoms with Crippen LogP contribution in [-0.2, 0) is 6.54 Å². The second-order valence-corrected chi connectivity index (χ2v) is 6.69. The lowest BCUT2D eigenvalue weighted by Gasteiger charge is -2.08. The first-order chi connectivity index (χ1) is 14.7. The van der Waals surface area contributed by atoms with E-state index in [4.69, 9.17) is 4.74 Å². The fourth-order valence-electron chi connectivity index (χ4n) is 3.25. The first-order valence-electron chi connectivity index (χ1n) is 9.60. The van der Waals surface area contributed by atoms with Crippen molar-refractivity contribution in [2.24, 2.45) is 0 Å². The molecule has 0 saturated carbocycles. The number of hydrogen-bond donors (Lipinski definition) is 2. The van der Waals surface area contributed by atoms with Crippen molar-refractivity contribution >= 4 is 17.2 Å². The van der Waals surface area contributed by atoms with Crippen LogP contribution in [-0.4, -0.2) is 41.0 Å². The van der Waals surface area contributed by atoms with E-state index in [1.807, 2.05) is 46.7 Å². The van der Waals surface area contributed by atoms with Gasteiger partial charge in [0.1, 0.15) is 11.4 Å². The van der Waals surface area contributed by atoms with E-state index in [0.29, 0.717) is 30.0 Å². The first kappa shape index (κ1) is 19.4. The summed E-state index contributed by atoms with van der Waals surface area (Å²) in [7, 11) is 3.50. The molecule has 152 valence electrons. The first-order valence-corrected chi connectivity index (χ1v) is 9.60. The maximum atomic E-state index is 12.6. The maximum Gasteiger partial charge on any atom is 0.251 e. The minimum absolute atomic E-state index is 0.131. The van der Waals surface area contributed by atoms with Gasteiger partial charge in [-0.25, -0.2) is 9.55 Å². The maximum absolute atomic E-state index is 12.6. The molecule has 0 spiro atoms. The van der Waals surface area contributed by atoms with Crippen LogP contribution in [0.5, 0.6) is 5.75 Å². The highest BCUT2D eigenvalue weighted by molar-refractivity contribution is 5.95. The van der Waals surface area contributed by atoms with E-state index in [9.17, 15) is 4.79 Å². The summed E-state index contributed by atoms with van der Waals surface area (Å²) < 4.78 is 9.36. The second kappa shape index (κ2) is 8.60. The predicted octanol–water partition coefficient (Wildman–Crippen LogP) is 2.16. The van der Waals surface area contributed by atoms with Crippen LogP contribution in [0.4, 0.5) is 5.69 Å². The molecule has 4 aromatic rings. The van der Waals surface area contributed by atoms with Crippen LogP contribution in [0.1, 0.15) is 10.4 Å². The number of imidazole rings is 1. The molecule has 0 radical (unpaired) electrons. The van der Waals surface area contributed by atoms with Crippen LogP contribution in [0.25, 0.3) is 16.9 Å². The number of carbonyl (C=O) groups excluding carboxylic acids is 1. The zero-order valence-corrected chi connectivity index (χ0v) is 16.9. The van der Waals surface area contributed by atoms with Gasteiger partial charge >= 0.3 is 0 Å². The molecule has 4 heterocycles. The molecule has 1 amide bonds. The van der Waals surface area contributed by atoms with Crippen LogP contribution in [0, 0.1) is 0 Å². The third-order valence-corrected chi connectivity index (χ3v) is 4.89. The van der Waals surface area contributed by atoms with Gasteiger partial charge in [-0.05, 0) is 18.2 Å². The Balaban J connectivity index is 1.46. The Morgan fingerprint density at radius 1 is 1.20 bits per heavy atom. The lowest BCUT2D eigenvalue weighted by Crippen LogP contribution is -2.40. The molecule has 30 heavy (non-hydrogen) atoms. The third kappa shape index (κ3) is 3.93. The largest absolute Gasteiger partial charge is 0.496 e. The van der Waals surface area contributed by atoms with Gasteiger partial charge in [0.05, 0.1) is 31.1 Å². The Hall–Kier alpha value is -3.94. The van der Waals surface area contributed by atoms with Crippen LogP contribution >= 0.6 is 0 Å². The van der Waals surface area contributed by atoms with Crippen molar-refractivity contribution < 1.29 is 14.1 Å². The zero-order valence-electron chi connectivity index (χ0n) is 16.9. The van der Waals surface area contributed by atoms with Gasteiger partial charge in [0.2, 0.25) is 0 Å². The van der Waals surface area contributed by atoms with Crippen molar-refractivity contribution in [1.82, 2.24) is 19.7 Å². The van der Waals surface area contributed by atoms with E-state index in [0.717, 1.165) is 16.9 Å². The average molecular weight is 403 g/mol. The van der Waals surface area contributed by atoms with Gasteiger partial charge in [-0.3, -0.25) is 14.2 Å². The summed E-state index contributed by atoms with van der Waals surface area (Å²) in [6.07, 6.45) is 11.0. The number of amides is 1. The minimum Gasteiger partial charge on any atom is -0.496 e. The number of anilines is 1. The van der Waals surface area contributed by atoms with Crippen LogP contribution in [0.2, 0.25) is 0 Å². The number of nitrogens with one attached hydrogen (secondary N) is 2. The molecule has 4 aromatic heterocycles. The standard InChI is InChI=1S/C22H22N6O2/c1-23-17-5-9-27(10-6-17)12-8-25-22(29)16-4-11-28-19(15-26-21(28)13-16)18-14-24-7-3-20(18)30-2/h3-7,9-11,13-15H,8,12H2,1-2H3,(H,25,29)/p+1. The fourth-order valence-corrected chi connectivity index (χ4v) is 3.25. The zero-order chi connectivity index (χ0) is 20.9. The lowest BCUT2D eigenvalue weighted by atomic mass is 10.2. The highest BCUT2D eigenvalue weighted by atomic mass is 16.5. The minimum atomic E-state index is -0.131. The van der Waals surface area contributed by atoms with Gasteiger partial charge in [0.15, 0.2) is 18.9 Å². The van der Waals surface area contributed by atoms with Crippen LogP contribution in [0.15, 0.2) is 67.5 Å². The molecule has 0 bridgehead atoms. The summed E-state index contributed by atoms with van der Waals surface area (Å²) in [5.74, 6) is 0.585. The SMILES string of the molecule is CNc1cc[n+](CCNC(=O)c2ccn3c(-c4cnccc4OC)cnc3c2)cc1. The van der Waals surface area contributed by atoms with E-state index >= 15 is 0 Å².